The summed E-state index contributed by atoms with van der Waals surface area (Å²) >= 11 is 0. The van der Waals surface area contributed by atoms with E-state index < -0.39 is 5.97 Å². The van der Waals surface area contributed by atoms with E-state index in [1.54, 1.807) is 7.11 Å². The second-order valence-electron chi connectivity index (χ2n) is 5.25. The molecule has 1 atom stereocenters. The Labute approximate surface area is 125 Å². The number of hydrogen-bond acceptors (Lipinski definition) is 5. The van der Waals surface area contributed by atoms with Gasteiger partial charge in [-0.3, -0.25) is 9.69 Å². The molecular formula is C14H26N2O5. The molecule has 0 saturated carbocycles. The number of carbonyl (C=O) groups excluding carboxylic acids is 1. The molecular weight excluding hydrogens is 276 g/mol. The van der Waals surface area contributed by atoms with Gasteiger partial charge in [0.1, 0.15) is 6.61 Å². The number of carbonyl (C=O) groups is 2. The van der Waals surface area contributed by atoms with Crippen LogP contribution in [0.2, 0.25) is 0 Å². The first kappa shape index (κ1) is 17.9. The molecule has 2 N–H and O–H groups in total. The molecule has 1 unspecified atom stereocenters. The topological polar surface area (TPSA) is 88.1 Å². The number of nitrogens with one attached hydrogen (secondary N) is 1. The van der Waals surface area contributed by atoms with Crippen molar-refractivity contribution in [2.75, 3.05) is 40.0 Å². The zero-order chi connectivity index (χ0) is 15.7. The third-order valence-corrected chi connectivity index (χ3v) is 3.67. The fourth-order valence-corrected chi connectivity index (χ4v) is 2.36. The van der Waals surface area contributed by atoms with Gasteiger partial charge in [-0.2, -0.15) is 0 Å². The van der Waals surface area contributed by atoms with Gasteiger partial charge in [0.05, 0.1) is 12.1 Å². The van der Waals surface area contributed by atoms with E-state index in [4.69, 9.17) is 14.6 Å². The normalized spacial score (nSPS) is 18.4. The number of aliphatic carboxylic acids is 1. The first-order valence-corrected chi connectivity index (χ1v) is 7.38. The van der Waals surface area contributed by atoms with Gasteiger partial charge >= 0.3 is 5.97 Å². The van der Waals surface area contributed by atoms with Crippen molar-refractivity contribution in [1.29, 1.82) is 0 Å². The molecule has 0 aromatic heterocycles. The molecule has 1 rings (SSSR count). The molecule has 0 aliphatic carbocycles. The average molecular weight is 302 g/mol. The number of carboxylic acids is 1. The van der Waals surface area contributed by atoms with E-state index in [0.717, 1.165) is 32.4 Å². The van der Waals surface area contributed by atoms with Crippen LogP contribution in [0.5, 0.6) is 0 Å². The van der Waals surface area contributed by atoms with E-state index in [9.17, 15) is 9.59 Å². The predicted octanol–water partition coefficient (Wildman–Crippen LogP) is 0.0932. The SMILES string of the molecule is COCCCNC(=O)C(C)N1CCC(OCC(=O)O)CC1. The molecule has 122 valence electrons. The quantitative estimate of drug-likeness (QED) is 0.587. The molecule has 1 amide bonds. The summed E-state index contributed by atoms with van der Waals surface area (Å²) in [6.07, 6.45) is 2.30. The van der Waals surface area contributed by atoms with Crippen molar-refractivity contribution in [3.8, 4) is 0 Å². The van der Waals surface area contributed by atoms with Crippen LogP contribution < -0.4 is 5.32 Å². The molecule has 7 heteroatoms. The van der Waals surface area contributed by atoms with Crippen molar-refractivity contribution in [2.45, 2.75) is 38.3 Å². The molecule has 1 saturated heterocycles. The fourth-order valence-electron chi connectivity index (χ4n) is 2.36. The maximum atomic E-state index is 12.0. The van der Waals surface area contributed by atoms with Gasteiger partial charge in [-0.05, 0) is 26.2 Å². The van der Waals surface area contributed by atoms with Gasteiger partial charge in [0.15, 0.2) is 0 Å². The molecule has 0 spiro atoms. The lowest BCUT2D eigenvalue weighted by Gasteiger charge is -2.35. The molecule has 0 aromatic carbocycles. The lowest BCUT2D eigenvalue weighted by Crippen LogP contribution is -2.49. The largest absolute Gasteiger partial charge is 0.480 e. The van der Waals surface area contributed by atoms with Crippen molar-refractivity contribution < 1.29 is 24.2 Å². The smallest absolute Gasteiger partial charge is 0.329 e. The first-order valence-electron chi connectivity index (χ1n) is 7.38. The van der Waals surface area contributed by atoms with Gasteiger partial charge in [0.25, 0.3) is 0 Å². The first-order chi connectivity index (χ1) is 10.0. The van der Waals surface area contributed by atoms with E-state index in [2.05, 4.69) is 10.2 Å². The molecule has 1 aliphatic rings. The molecule has 21 heavy (non-hydrogen) atoms. The third-order valence-electron chi connectivity index (χ3n) is 3.67. The molecule has 7 nitrogen and oxygen atoms in total. The van der Waals surface area contributed by atoms with Crippen LogP contribution in [0.3, 0.4) is 0 Å². The van der Waals surface area contributed by atoms with E-state index in [0.29, 0.717) is 13.2 Å². The molecule has 1 heterocycles. The monoisotopic (exact) mass is 302 g/mol. The summed E-state index contributed by atoms with van der Waals surface area (Å²) in [4.78, 5) is 24.6. The van der Waals surface area contributed by atoms with E-state index >= 15 is 0 Å². The number of nitrogens with zero attached hydrogens (tertiary/aromatic N) is 1. The molecule has 0 bridgehead atoms. The van der Waals surface area contributed by atoms with Crippen molar-refractivity contribution in [3.05, 3.63) is 0 Å². The summed E-state index contributed by atoms with van der Waals surface area (Å²) in [6, 6.07) is -0.173. The van der Waals surface area contributed by atoms with Crippen molar-refractivity contribution >= 4 is 11.9 Å². The van der Waals surface area contributed by atoms with Gasteiger partial charge in [-0.25, -0.2) is 4.79 Å². The minimum atomic E-state index is -0.943. The van der Waals surface area contributed by atoms with E-state index in [1.165, 1.54) is 0 Å². The number of rotatable bonds is 9. The molecule has 1 fully saturated rings. The maximum absolute atomic E-state index is 12.0. The van der Waals surface area contributed by atoms with Crippen LogP contribution in [0.4, 0.5) is 0 Å². The number of hydrogen-bond donors (Lipinski definition) is 2. The predicted molar refractivity (Wildman–Crippen MR) is 77.1 cm³/mol. The highest BCUT2D eigenvalue weighted by Gasteiger charge is 2.26. The molecule has 0 aromatic rings. The highest BCUT2D eigenvalue weighted by atomic mass is 16.5. The van der Waals surface area contributed by atoms with Gasteiger partial charge in [-0.15, -0.1) is 0 Å². The van der Waals surface area contributed by atoms with Crippen LogP contribution >= 0.6 is 0 Å². The average Bonchev–Trinajstić information content (AvgIpc) is 2.49. The Hall–Kier alpha value is -1.18. The highest BCUT2D eigenvalue weighted by molar-refractivity contribution is 5.81. The Morgan fingerprint density at radius 3 is 2.62 bits per heavy atom. The van der Waals surface area contributed by atoms with Crippen molar-refractivity contribution in [3.63, 3.8) is 0 Å². The number of ether oxygens (including phenoxy) is 2. The van der Waals surface area contributed by atoms with Crippen molar-refractivity contribution in [1.82, 2.24) is 10.2 Å². The fraction of sp³-hybridized carbons (Fsp3) is 0.857. The molecule has 1 aliphatic heterocycles. The second kappa shape index (κ2) is 9.70. The van der Waals surface area contributed by atoms with Crippen LogP contribution in [-0.4, -0.2) is 74.0 Å². The molecule has 0 radical (unpaired) electrons. The minimum Gasteiger partial charge on any atom is -0.480 e. The Morgan fingerprint density at radius 2 is 2.05 bits per heavy atom. The zero-order valence-electron chi connectivity index (χ0n) is 12.8. The van der Waals surface area contributed by atoms with Gasteiger partial charge in [0.2, 0.25) is 5.91 Å². The Balaban J connectivity index is 2.22. The summed E-state index contributed by atoms with van der Waals surface area (Å²) in [7, 11) is 1.64. The minimum absolute atomic E-state index is 0.0192. The van der Waals surface area contributed by atoms with Gasteiger partial charge in [0, 0.05) is 33.4 Å². The van der Waals surface area contributed by atoms with Gasteiger partial charge < -0.3 is 19.9 Å². The van der Waals surface area contributed by atoms with Gasteiger partial charge in [-0.1, -0.05) is 0 Å². The number of carboxylic acid groups (broad SMARTS) is 1. The number of methoxy groups -OCH3 is 1. The van der Waals surface area contributed by atoms with Crippen LogP contribution in [0.15, 0.2) is 0 Å². The second-order valence-corrected chi connectivity index (χ2v) is 5.25. The van der Waals surface area contributed by atoms with Crippen molar-refractivity contribution in [2.24, 2.45) is 0 Å². The lowest BCUT2D eigenvalue weighted by atomic mass is 10.1. The summed E-state index contributed by atoms with van der Waals surface area (Å²) in [5.74, 6) is -0.919. The zero-order valence-corrected chi connectivity index (χ0v) is 12.8. The standard InChI is InChI=1S/C14H26N2O5/c1-11(14(19)15-6-3-9-20-2)16-7-4-12(5-8-16)21-10-13(17)18/h11-12H,3-10H2,1-2H3,(H,15,19)(H,17,18). The van der Waals surface area contributed by atoms with E-state index in [-0.39, 0.29) is 24.7 Å². The van der Waals surface area contributed by atoms with E-state index in [1.807, 2.05) is 6.92 Å². The van der Waals surface area contributed by atoms with Crippen LogP contribution in [-0.2, 0) is 19.1 Å². The summed E-state index contributed by atoms with van der Waals surface area (Å²) in [5, 5.41) is 11.5. The highest BCUT2D eigenvalue weighted by Crippen LogP contribution is 2.16. The van der Waals surface area contributed by atoms with Crippen LogP contribution in [0.1, 0.15) is 26.2 Å². The third kappa shape index (κ3) is 6.88. The maximum Gasteiger partial charge on any atom is 0.329 e. The van der Waals surface area contributed by atoms with Crippen LogP contribution in [0, 0.1) is 0 Å². The Bertz CT molecular complexity index is 329. The summed E-state index contributed by atoms with van der Waals surface area (Å²) < 4.78 is 10.2. The number of piperidine rings is 1. The summed E-state index contributed by atoms with van der Waals surface area (Å²) in [5.41, 5.74) is 0. The Kier molecular flexibility index (Phi) is 8.26. The van der Waals surface area contributed by atoms with Crippen LogP contribution in [0.25, 0.3) is 0 Å². The summed E-state index contributed by atoms with van der Waals surface area (Å²) in [6.45, 7) is 4.40. The lowest BCUT2D eigenvalue weighted by molar-refractivity contribution is -0.145. The number of likely N-dealkylation sites (tertiary alicyclic amines) is 1. The number of amides is 1. The Morgan fingerprint density at radius 1 is 1.38 bits per heavy atom.